The van der Waals surface area contributed by atoms with Crippen LogP contribution in [0.2, 0.25) is 0 Å². The highest BCUT2D eigenvalue weighted by Gasteiger charge is 2.23. The van der Waals surface area contributed by atoms with Gasteiger partial charge in [-0.25, -0.2) is 4.98 Å². The smallest absolute Gasteiger partial charge is 0.161 e. The Morgan fingerprint density at radius 2 is 1.77 bits per heavy atom. The normalized spacial score (nSPS) is 11.9. The van der Waals surface area contributed by atoms with E-state index in [0.717, 1.165) is 47.1 Å². The second-order valence-corrected chi connectivity index (χ2v) is 8.94. The van der Waals surface area contributed by atoms with Crippen molar-refractivity contribution in [3.8, 4) is 22.8 Å². The molecule has 7 nitrogen and oxygen atoms in total. The standard InChI is InChI=1S/C23H33N5O2/c1-15-16(2)25-21-12-18(17-9-10-19(29-7)20(11-17)30-8)26-28(21)22(15)24-13-23(3,4)14-27(5)6/h9-12,24H,13-14H2,1-8H3/p+1. The Morgan fingerprint density at radius 3 is 2.40 bits per heavy atom. The minimum atomic E-state index is 0.147. The van der Waals surface area contributed by atoms with Crippen LogP contribution in [0.25, 0.3) is 16.9 Å². The summed E-state index contributed by atoms with van der Waals surface area (Å²) in [6, 6.07) is 7.83. The number of aryl methyl sites for hydroxylation is 1. The molecule has 0 amide bonds. The summed E-state index contributed by atoms with van der Waals surface area (Å²) < 4.78 is 12.7. The number of benzene rings is 1. The number of aromatic nitrogens is 3. The van der Waals surface area contributed by atoms with Crippen molar-refractivity contribution in [1.82, 2.24) is 14.6 Å². The van der Waals surface area contributed by atoms with E-state index in [4.69, 9.17) is 19.6 Å². The number of anilines is 1. The van der Waals surface area contributed by atoms with Crippen LogP contribution >= 0.6 is 0 Å². The number of nitrogens with one attached hydrogen (secondary N) is 2. The van der Waals surface area contributed by atoms with Gasteiger partial charge in [-0.1, -0.05) is 13.8 Å². The lowest BCUT2D eigenvalue weighted by Gasteiger charge is -2.27. The van der Waals surface area contributed by atoms with E-state index in [0.29, 0.717) is 11.5 Å². The summed E-state index contributed by atoms with van der Waals surface area (Å²) in [5, 5.41) is 8.52. The molecule has 0 aliphatic carbocycles. The number of hydrogen-bond donors (Lipinski definition) is 2. The molecule has 0 spiro atoms. The third-order valence-electron chi connectivity index (χ3n) is 5.33. The molecule has 2 heterocycles. The number of rotatable bonds is 8. The molecule has 0 unspecified atom stereocenters. The number of methoxy groups -OCH3 is 2. The van der Waals surface area contributed by atoms with Gasteiger partial charge in [0.1, 0.15) is 5.82 Å². The number of fused-ring (bicyclic) bond motifs is 1. The molecule has 0 fully saturated rings. The van der Waals surface area contributed by atoms with Gasteiger partial charge in [0.25, 0.3) is 0 Å². The van der Waals surface area contributed by atoms with Gasteiger partial charge in [-0.15, -0.1) is 0 Å². The SMILES string of the molecule is COc1ccc(-c2cc3nc(C)c(C)c(NCC(C)(C)C[NH+](C)C)n3n2)cc1OC. The molecule has 0 atom stereocenters. The summed E-state index contributed by atoms with van der Waals surface area (Å²) in [6.45, 7) is 10.6. The van der Waals surface area contributed by atoms with Crippen LogP contribution in [-0.2, 0) is 0 Å². The number of quaternary nitrogens is 1. The average molecular weight is 413 g/mol. The molecular formula is C23H34N5O2+. The predicted molar refractivity (Wildman–Crippen MR) is 121 cm³/mol. The summed E-state index contributed by atoms with van der Waals surface area (Å²) in [5.74, 6) is 2.37. The highest BCUT2D eigenvalue weighted by Crippen LogP contribution is 2.33. The Balaban J connectivity index is 2.01. The Hall–Kier alpha value is -2.80. The molecule has 2 N–H and O–H groups in total. The first-order valence-corrected chi connectivity index (χ1v) is 10.3. The van der Waals surface area contributed by atoms with E-state index in [1.807, 2.05) is 35.7 Å². The van der Waals surface area contributed by atoms with Crippen LogP contribution in [0.1, 0.15) is 25.1 Å². The molecule has 1 aromatic carbocycles. The molecule has 0 aliphatic heterocycles. The Bertz CT molecular complexity index is 1040. The summed E-state index contributed by atoms with van der Waals surface area (Å²) in [7, 11) is 7.64. The maximum atomic E-state index is 5.45. The summed E-state index contributed by atoms with van der Waals surface area (Å²) in [6.07, 6.45) is 0. The predicted octanol–water partition coefficient (Wildman–Crippen LogP) is 2.61. The van der Waals surface area contributed by atoms with Crippen molar-refractivity contribution in [1.29, 1.82) is 0 Å². The molecular weight excluding hydrogens is 378 g/mol. The number of nitrogens with zero attached hydrogens (tertiary/aromatic N) is 3. The van der Waals surface area contributed by atoms with Crippen LogP contribution in [0.5, 0.6) is 11.5 Å². The highest BCUT2D eigenvalue weighted by atomic mass is 16.5. The van der Waals surface area contributed by atoms with Crippen molar-refractivity contribution >= 4 is 11.5 Å². The lowest BCUT2D eigenvalue weighted by Crippen LogP contribution is -3.07. The van der Waals surface area contributed by atoms with E-state index in [9.17, 15) is 0 Å². The fourth-order valence-electron chi connectivity index (χ4n) is 3.89. The van der Waals surface area contributed by atoms with Gasteiger partial charge in [0.15, 0.2) is 17.1 Å². The van der Waals surface area contributed by atoms with Crippen molar-refractivity contribution in [3.63, 3.8) is 0 Å². The van der Waals surface area contributed by atoms with Crippen molar-refractivity contribution in [2.24, 2.45) is 5.41 Å². The fraction of sp³-hybridized carbons (Fsp3) is 0.478. The first-order chi connectivity index (χ1) is 14.1. The summed E-state index contributed by atoms with van der Waals surface area (Å²) in [4.78, 5) is 6.19. The average Bonchev–Trinajstić information content (AvgIpc) is 3.10. The largest absolute Gasteiger partial charge is 0.493 e. The lowest BCUT2D eigenvalue weighted by atomic mass is 9.93. The van der Waals surface area contributed by atoms with Crippen molar-refractivity contribution in [3.05, 3.63) is 35.5 Å². The first kappa shape index (κ1) is 21.9. The molecule has 2 aromatic heterocycles. The topological polar surface area (TPSA) is 65.1 Å². The molecule has 162 valence electrons. The van der Waals surface area contributed by atoms with Gasteiger partial charge in [0.2, 0.25) is 0 Å². The number of ether oxygens (including phenoxy) is 2. The van der Waals surface area contributed by atoms with Crippen LogP contribution in [-0.4, -0.2) is 56.0 Å². The fourth-order valence-corrected chi connectivity index (χ4v) is 3.89. The quantitative estimate of drug-likeness (QED) is 0.595. The van der Waals surface area contributed by atoms with E-state index < -0.39 is 0 Å². The van der Waals surface area contributed by atoms with Crippen molar-refractivity contribution in [2.75, 3.05) is 46.7 Å². The molecule has 0 radical (unpaired) electrons. The van der Waals surface area contributed by atoms with Gasteiger partial charge in [0.05, 0.1) is 40.6 Å². The van der Waals surface area contributed by atoms with E-state index in [1.54, 1.807) is 14.2 Å². The molecule has 3 rings (SSSR count). The van der Waals surface area contributed by atoms with E-state index in [-0.39, 0.29) is 5.41 Å². The van der Waals surface area contributed by atoms with Crippen LogP contribution in [0.4, 0.5) is 5.82 Å². The number of hydrogen-bond acceptors (Lipinski definition) is 5. The monoisotopic (exact) mass is 412 g/mol. The van der Waals surface area contributed by atoms with Crippen LogP contribution in [0.15, 0.2) is 24.3 Å². The van der Waals surface area contributed by atoms with Crippen LogP contribution in [0, 0.1) is 19.3 Å². The first-order valence-electron chi connectivity index (χ1n) is 10.3. The highest BCUT2D eigenvalue weighted by molar-refractivity contribution is 5.69. The Kier molecular flexibility index (Phi) is 6.22. The zero-order chi connectivity index (χ0) is 22.1. The van der Waals surface area contributed by atoms with E-state index in [2.05, 4.69) is 40.2 Å². The van der Waals surface area contributed by atoms with Gasteiger partial charge in [-0.3, -0.25) is 0 Å². The van der Waals surface area contributed by atoms with Gasteiger partial charge in [-0.05, 0) is 32.0 Å². The molecule has 30 heavy (non-hydrogen) atoms. The third-order valence-corrected chi connectivity index (χ3v) is 5.33. The second-order valence-electron chi connectivity index (χ2n) is 8.94. The molecule has 0 aliphatic rings. The summed E-state index contributed by atoms with van der Waals surface area (Å²) >= 11 is 0. The van der Waals surface area contributed by atoms with Gasteiger partial charge >= 0.3 is 0 Å². The van der Waals surface area contributed by atoms with Gasteiger partial charge in [-0.2, -0.15) is 9.61 Å². The van der Waals surface area contributed by atoms with Crippen LogP contribution in [0.3, 0.4) is 0 Å². The van der Waals surface area contributed by atoms with Crippen molar-refractivity contribution in [2.45, 2.75) is 27.7 Å². The minimum absolute atomic E-state index is 0.147. The zero-order valence-corrected chi connectivity index (χ0v) is 19.4. The van der Waals surface area contributed by atoms with Gasteiger partial charge in [0, 0.05) is 34.8 Å². The molecule has 0 saturated heterocycles. The summed E-state index contributed by atoms with van der Waals surface area (Å²) in [5.41, 5.74) is 4.87. The lowest BCUT2D eigenvalue weighted by molar-refractivity contribution is -0.865. The van der Waals surface area contributed by atoms with Gasteiger partial charge < -0.3 is 19.7 Å². The van der Waals surface area contributed by atoms with E-state index in [1.165, 1.54) is 4.90 Å². The molecule has 3 aromatic rings. The molecule has 0 saturated carbocycles. The maximum absolute atomic E-state index is 5.45. The van der Waals surface area contributed by atoms with E-state index >= 15 is 0 Å². The maximum Gasteiger partial charge on any atom is 0.161 e. The zero-order valence-electron chi connectivity index (χ0n) is 19.4. The Labute approximate surface area is 179 Å². The third kappa shape index (κ3) is 4.51. The van der Waals surface area contributed by atoms with Crippen LogP contribution < -0.4 is 19.7 Å². The second kappa shape index (κ2) is 8.52. The molecule has 7 heteroatoms. The minimum Gasteiger partial charge on any atom is -0.493 e. The molecule has 0 bridgehead atoms. The Morgan fingerprint density at radius 1 is 1.07 bits per heavy atom. The van der Waals surface area contributed by atoms with Crippen molar-refractivity contribution < 1.29 is 14.4 Å².